The molecule has 1 aliphatic rings. The predicted molar refractivity (Wildman–Crippen MR) is 206 cm³/mol. The number of halogens is 5. The monoisotopic (exact) mass is 779 g/mol. The van der Waals surface area contributed by atoms with Crippen LogP contribution in [0.15, 0.2) is 103 Å². The highest BCUT2D eigenvalue weighted by Gasteiger charge is 2.20. The molecule has 7 nitrogen and oxygen atoms in total. The van der Waals surface area contributed by atoms with Crippen molar-refractivity contribution in [1.29, 1.82) is 0 Å². The van der Waals surface area contributed by atoms with Crippen LogP contribution in [-0.4, -0.2) is 53.5 Å². The SMILES string of the molecule is Cc1cc(C=CC(=O)N2CCN(Cc3ccc(CCOc4ccc(F)cc4)cc3)CC2)cc(Cl)c1Oc1ccc(OCc2cccc(Cl)c2F)cn1.Cl. The van der Waals surface area contributed by atoms with E-state index in [-0.39, 0.29) is 35.8 Å². The van der Waals surface area contributed by atoms with Crippen LogP contribution >= 0.6 is 35.6 Å². The maximum atomic E-state index is 14.1. The largest absolute Gasteiger partial charge is 0.493 e. The van der Waals surface area contributed by atoms with Gasteiger partial charge in [-0.15, -0.1) is 12.4 Å². The van der Waals surface area contributed by atoms with Gasteiger partial charge in [0.25, 0.3) is 0 Å². The maximum Gasteiger partial charge on any atom is 0.246 e. The van der Waals surface area contributed by atoms with Crippen molar-refractivity contribution in [3.8, 4) is 23.1 Å². The molecule has 0 atom stereocenters. The first-order valence-corrected chi connectivity index (χ1v) is 17.6. The van der Waals surface area contributed by atoms with Crippen LogP contribution in [0.4, 0.5) is 8.78 Å². The highest BCUT2D eigenvalue weighted by Crippen LogP contribution is 2.34. The van der Waals surface area contributed by atoms with Gasteiger partial charge in [-0.25, -0.2) is 13.8 Å². The average molecular weight is 781 g/mol. The van der Waals surface area contributed by atoms with Gasteiger partial charge in [0.2, 0.25) is 11.8 Å². The first-order valence-electron chi connectivity index (χ1n) is 16.9. The maximum absolute atomic E-state index is 14.1. The molecule has 0 N–H and O–H groups in total. The van der Waals surface area contributed by atoms with Crippen molar-refractivity contribution in [3.05, 3.63) is 153 Å². The Balaban J connectivity index is 0.00000541. The molecule has 1 aliphatic heterocycles. The normalized spacial score (nSPS) is 13.1. The van der Waals surface area contributed by atoms with E-state index in [1.165, 1.54) is 35.5 Å². The molecule has 53 heavy (non-hydrogen) atoms. The number of aryl methyl sites for hydroxylation is 1. The number of carbonyl (C=O) groups excluding carboxylic acids is 1. The lowest BCUT2D eigenvalue weighted by atomic mass is 10.1. The number of carbonyl (C=O) groups is 1. The van der Waals surface area contributed by atoms with Crippen LogP contribution in [0.1, 0.15) is 27.8 Å². The van der Waals surface area contributed by atoms with E-state index in [1.54, 1.807) is 54.6 Å². The minimum Gasteiger partial charge on any atom is -0.493 e. The molecule has 6 rings (SSSR count). The molecule has 1 saturated heterocycles. The molecular formula is C41H38Cl3F2N3O4. The van der Waals surface area contributed by atoms with E-state index in [4.69, 9.17) is 37.4 Å². The minimum atomic E-state index is -0.511. The third-order valence-corrected chi connectivity index (χ3v) is 9.17. The quantitative estimate of drug-likeness (QED) is 0.111. The van der Waals surface area contributed by atoms with Crippen LogP contribution in [-0.2, 0) is 24.4 Å². The van der Waals surface area contributed by atoms with Gasteiger partial charge in [0.05, 0.1) is 22.8 Å². The third kappa shape index (κ3) is 11.2. The summed E-state index contributed by atoms with van der Waals surface area (Å²) < 4.78 is 44.5. The third-order valence-electron chi connectivity index (χ3n) is 8.60. The van der Waals surface area contributed by atoms with Gasteiger partial charge < -0.3 is 19.1 Å². The fraction of sp³-hybridized carbons (Fsp3) is 0.220. The lowest BCUT2D eigenvalue weighted by Crippen LogP contribution is -2.47. The summed E-state index contributed by atoms with van der Waals surface area (Å²) in [4.78, 5) is 21.5. The molecule has 0 spiro atoms. The van der Waals surface area contributed by atoms with Gasteiger partial charge in [0.1, 0.15) is 29.7 Å². The molecule has 1 aromatic heterocycles. The lowest BCUT2D eigenvalue weighted by molar-refractivity contribution is -0.127. The molecule has 1 amide bonds. The van der Waals surface area contributed by atoms with Gasteiger partial charge >= 0.3 is 0 Å². The summed E-state index contributed by atoms with van der Waals surface area (Å²) in [5.74, 6) is 1.02. The summed E-state index contributed by atoms with van der Waals surface area (Å²) in [5.41, 5.74) is 4.28. The molecule has 0 radical (unpaired) electrons. The second kappa shape index (κ2) is 18.9. The minimum absolute atomic E-state index is 0. The van der Waals surface area contributed by atoms with Crippen LogP contribution in [0.25, 0.3) is 6.08 Å². The van der Waals surface area contributed by atoms with Crippen LogP contribution in [0, 0.1) is 18.6 Å². The molecule has 12 heteroatoms. The van der Waals surface area contributed by atoms with E-state index in [1.807, 2.05) is 17.9 Å². The van der Waals surface area contributed by atoms with E-state index in [2.05, 4.69) is 34.1 Å². The molecule has 2 heterocycles. The number of piperazine rings is 1. The molecule has 0 bridgehead atoms. The van der Waals surface area contributed by atoms with E-state index >= 15 is 0 Å². The fourth-order valence-corrected chi connectivity index (χ4v) is 6.22. The van der Waals surface area contributed by atoms with Crippen molar-refractivity contribution >= 4 is 47.6 Å². The Labute approximate surface area is 324 Å². The summed E-state index contributed by atoms with van der Waals surface area (Å²) in [6.45, 7) is 6.06. The number of aromatic nitrogens is 1. The topological polar surface area (TPSA) is 64.1 Å². The number of hydrogen-bond acceptors (Lipinski definition) is 6. The number of rotatable bonds is 13. The van der Waals surface area contributed by atoms with E-state index in [0.717, 1.165) is 37.2 Å². The van der Waals surface area contributed by atoms with Crippen molar-refractivity contribution in [1.82, 2.24) is 14.8 Å². The molecule has 0 aliphatic carbocycles. The standard InChI is InChI=1S/C41H37Cl2F2N3O4.ClH/c1-28-23-31(24-37(43)41(28)52-38-15-14-35(25-46-38)51-27-32-3-2-4-36(42)40(32)45)9-16-39(49)48-20-18-47(19-21-48)26-30-7-5-29(6-8-30)17-22-50-34-12-10-33(44)11-13-34;/h2-16,23-25H,17-22,26-27H2,1H3;1H. The predicted octanol–water partition coefficient (Wildman–Crippen LogP) is 9.75. The summed E-state index contributed by atoms with van der Waals surface area (Å²) in [7, 11) is 0. The van der Waals surface area contributed by atoms with Crippen LogP contribution < -0.4 is 14.2 Å². The summed E-state index contributed by atoms with van der Waals surface area (Å²) in [6.07, 6.45) is 5.58. The Kier molecular flexibility index (Phi) is 14.1. The van der Waals surface area contributed by atoms with Gasteiger partial charge in [0, 0.05) is 56.9 Å². The summed E-state index contributed by atoms with van der Waals surface area (Å²) >= 11 is 12.4. The molecule has 4 aromatic carbocycles. The molecule has 1 fully saturated rings. The number of hydrogen-bond donors (Lipinski definition) is 0. The van der Waals surface area contributed by atoms with Gasteiger partial charge in [-0.3, -0.25) is 9.69 Å². The average Bonchev–Trinajstić information content (AvgIpc) is 3.15. The molecule has 5 aromatic rings. The molecule has 0 unspecified atom stereocenters. The zero-order valence-electron chi connectivity index (χ0n) is 28.9. The first-order chi connectivity index (χ1) is 25.2. The lowest BCUT2D eigenvalue weighted by Gasteiger charge is -2.34. The van der Waals surface area contributed by atoms with Gasteiger partial charge in [-0.1, -0.05) is 59.6 Å². The smallest absolute Gasteiger partial charge is 0.246 e. The van der Waals surface area contributed by atoms with Crippen molar-refractivity contribution in [2.75, 3.05) is 32.8 Å². The molecular weight excluding hydrogens is 743 g/mol. The zero-order chi connectivity index (χ0) is 36.5. The summed E-state index contributed by atoms with van der Waals surface area (Å²) in [6, 6.07) is 26.2. The Bertz CT molecular complexity index is 1980. The van der Waals surface area contributed by atoms with E-state index < -0.39 is 5.82 Å². The van der Waals surface area contributed by atoms with Crippen molar-refractivity contribution in [3.63, 3.8) is 0 Å². The van der Waals surface area contributed by atoms with Gasteiger partial charge in [-0.2, -0.15) is 0 Å². The van der Waals surface area contributed by atoms with Crippen molar-refractivity contribution in [2.24, 2.45) is 0 Å². The van der Waals surface area contributed by atoms with Crippen LogP contribution in [0.3, 0.4) is 0 Å². The Hall–Kier alpha value is -4.67. The number of nitrogens with zero attached hydrogens (tertiary/aromatic N) is 3. The summed E-state index contributed by atoms with van der Waals surface area (Å²) in [5, 5.41) is 0.420. The highest BCUT2D eigenvalue weighted by atomic mass is 35.5. The number of amides is 1. The first kappa shape index (κ1) is 39.5. The van der Waals surface area contributed by atoms with Crippen LogP contribution in [0.2, 0.25) is 10.0 Å². The van der Waals surface area contributed by atoms with E-state index in [9.17, 15) is 13.6 Å². The van der Waals surface area contributed by atoms with Crippen molar-refractivity contribution in [2.45, 2.75) is 26.5 Å². The van der Waals surface area contributed by atoms with Gasteiger partial charge in [-0.05, 0) is 83.8 Å². The Morgan fingerprint density at radius 1 is 0.849 bits per heavy atom. The second-order valence-electron chi connectivity index (χ2n) is 12.4. The van der Waals surface area contributed by atoms with Gasteiger partial charge in [0.15, 0.2) is 5.75 Å². The van der Waals surface area contributed by atoms with Crippen LogP contribution in [0.5, 0.6) is 23.1 Å². The molecule has 0 saturated carbocycles. The fourth-order valence-electron chi connectivity index (χ4n) is 5.71. The van der Waals surface area contributed by atoms with Crippen molar-refractivity contribution < 1.29 is 27.8 Å². The number of pyridine rings is 1. The zero-order valence-corrected chi connectivity index (χ0v) is 31.3. The van der Waals surface area contributed by atoms with E-state index in [0.29, 0.717) is 53.4 Å². The second-order valence-corrected chi connectivity index (χ2v) is 13.2. The molecule has 276 valence electrons. The Morgan fingerprint density at radius 3 is 2.26 bits per heavy atom. The number of benzene rings is 4. The Morgan fingerprint density at radius 2 is 1.57 bits per heavy atom. The number of ether oxygens (including phenoxy) is 3. The highest BCUT2D eigenvalue weighted by molar-refractivity contribution is 6.32.